The predicted octanol–water partition coefficient (Wildman–Crippen LogP) is 5.24. The SMILES string of the molecule is O=C(NS(=O)(=O)C1CC1)[C@@H]1CCN([C@@H]2CCc3c2cc2nc(-c4cccc(-c5cccc(OCCO)c5)c4Cl)oc2c3F)C1. The van der Waals surface area contributed by atoms with Crippen molar-refractivity contribution in [3.05, 3.63) is 70.5 Å². The van der Waals surface area contributed by atoms with Crippen LogP contribution in [0.1, 0.15) is 42.9 Å². The van der Waals surface area contributed by atoms with Crippen molar-refractivity contribution in [3.8, 4) is 28.3 Å². The summed E-state index contributed by atoms with van der Waals surface area (Å²) >= 11 is 6.86. The molecule has 2 aliphatic carbocycles. The molecule has 0 bridgehead atoms. The number of rotatable bonds is 9. The number of amides is 1. The number of nitrogens with zero attached hydrogens (tertiary/aromatic N) is 2. The lowest BCUT2D eigenvalue weighted by Crippen LogP contribution is -2.38. The summed E-state index contributed by atoms with van der Waals surface area (Å²) in [4.78, 5) is 19.5. The van der Waals surface area contributed by atoms with Crippen LogP contribution in [0.4, 0.5) is 4.39 Å². The fourth-order valence-corrected chi connectivity index (χ4v) is 8.06. The Morgan fingerprint density at radius 1 is 1.14 bits per heavy atom. The van der Waals surface area contributed by atoms with Gasteiger partial charge in [-0.05, 0) is 79.6 Å². The van der Waals surface area contributed by atoms with E-state index < -0.39 is 32.9 Å². The largest absolute Gasteiger partial charge is 0.491 e. The maximum absolute atomic E-state index is 15.9. The highest BCUT2D eigenvalue weighted by Crippen LogP contribution is 2.44. The molecular formula is C32H31ClFN3O6S. The Hall–Kier alpha value is -3.51. The van der Waals surface area contributed by atoms with Gasteiger partial charge in [-0.3, -0.25) is 14.4 Å². The van der Waals surface area contributed by atoms with Gasteiger partial charge in [0.15, 0.2) is 11.4 Å². The number of nitrogens with one attached hydrogen (secondary N) is 1. The van der Waals surface area contributed by atoms with E-state index in [0.29, 0.717) is 72.6 Å². The molecule has 4 aromatic rings. The fraction of sp³-hybridized carbons (Fsp3) is 0.375. The summed E-state index contributed by atoms with van der Waals surface area (Å²) in [6.45, 7) is 1.11. The number of carbonyl (C=O) groups excluding carboxylic acids is 1. The Labute approximate surface area is 259 Å². The van der Waals surface area contributed by atoms with Crippen LogP contribution in [0.3, 0.4) is 0 Å². The zero-order chi connectivity index (χ0) is 30.6. The van der Waals surface area contributed by atoms with E-state index in [4.69, 9.17) is 25.9 Å². The highest BCUT2D eigenvalue weighted by Gasteiger charge is 2.41. The minimum absolute atomic E-state index is 0.0734. The van der Waals surface area contributed by atoms with Gasteiger partial charge < -0.3 is 14.3 Å². The van der Waals surface area contributed by atoms with E-state index in [1.165, 1.54) is 0 Å². The summed E-state index contributed by atoms with van der Waals surface area (Å²) in [6.07, 6.45) is 2.94. The lowest BCUT2D eigenvalue weighted by atomic mass is 10.0. The van der Waals surface area contributed by atoms with Crippen molar-refractivity contribution in [3.63, 3.8) is 0 Å². The van der Waals surface area contributed by atoms with Crippen LogP contribution in [-0.2, 0) is 21.2 Å². The van der Waals surface area contributed by atoms with Crippen molar-refractivity contribution < 1.29 is 31.9 Å². The van der Waals surface area contributed by atoms with Gasteiger partial charge in [-0.15, -0.1) is 0 Å². The Morgan fingerprint density at radius 2 is 1.93 bits per heavy atom. The Morgan fingerprint density at radius 3 is 2.73 bits per heavy atom. The van der Waals surface area contributed by atoms with Crippen molar-refractivity contribution in [2.45, 2.75) is 43.4 Å². The Kier molecular flexibility index (Phi) is 7.60. The van der Waals surface area contributed by atoms with Gasteiger partial charge in [0.2, 0.25) is 21.8 Å². The number of aromatic nitrogens is 1. The van der Waals surface area contributed by atoms with Crippen LogP contribution in [0.25, 0.3) is 33.7 Å². The lowest BCUT2D eigenvalue weighted by Gasteiger charge is -2.24. The molecule has 2 atom stereocenters. The third-order valence-electron chi connectivity index (χ3n) is 8.76. The number of hydrogen-bond donors (Lipinski definition) is 2. The molecule has 1 saturated heterocycles. The first-order chi connectivity index (χ1) is 21.2. The summed E-state index contributed by atoms with van der Waals surface area (Å²) in [5.74, 6) is -0.531. The third-order valence-corrected chi connectivity index (χ3v) is 11.0. The molecule has 0 radical (unpaired) electrons. The van der Waals surface area contributed by atoms with Crippen molar-refractivity contribution in [2.75, 3.05) is 26.3 Å². The van der Waals surface area contributed by atoms with Gasteiger partial charge in [0, 0.05) is 18.2 Å². The second kappa shape index (κ2) is 11.4. The molecule has 230 valence electrons. The molecule has 9 nitrogen and oxygen atoms in total. The summed E-state index contributed by atoms with van der Waals surface area (Å²) in [5, 5.41) is 9.02. The number of oxazole rings is 1. The van der Waals surface area contributed by atoms with Crippen LogP contribution in [-0.4, -0.2) is 60.9 Å². The third kappa shape index (κ3) is 5.36. The molecule has 2 fully saturated rings. The second-order valence-electron chi connectivity index (χ2n) is 11.6. The first-order valence-electron chi connectivity index (χ1n) is 14.8. The molecule has 1 saturated carbocycles. The van der Waals surface area contributed by atoms with E-state index in [9.17, 15) is 13.2 Å². The molecule has 7 rings (SSSR count). The van der Waals surface area contributed by atoms with Crippen molar-refractivity contribution in [1.29, 1.82) is 0 Å². The number of aliphatic hydroxyl groups excluding tert-OH is 1. The topological polar surface area (TPSA) is 122 Å². The van der Waals surface area contributed by atoms with E-state index in [2.05, 4.69) is 14.6 Å². The first-order valence-corrected chi connectivity index (χ1v) is 16.7. The van der Waals surface area contributed by atoms with Gasteiger partial charge in [0.25, 0.3) is 0 Å². The molecule has 12 heteroatoms. The highest BCUT2D eigenvalue weighted by atomic mass is 35.5. The van der Waals surface area contributed by atoms with Crippen LogP contribution in [0.15, 0.2) is 52.9 Å². The molecule has 3 aliphatic rings. The predicted molar refractivity (Wildman–Crippen MR) is 163 cm³/mol. The standard InChI is InChI=1S/C32H31ClFN3O6S/c33-28-22(18-3-1-4-20(15-18)42-14-13-38)5-2-6-24(28)32-35-26-16-25-23(29(34)30(26)43-32)9-10-27(25)37-12-11-19(17-37)31(39)36-44(40,41)21-7-8-21/h1-6,15-16,19,21,27,38H,7-14,17H2,(H,36,39)/t19-,27-/m1/s1. The molecule has 3 aromatic carbocycles. The second-order valence-corrected chi connectivity index (χ2v) is 14.0. The van der Waals surface area contributed by atoms with Gasteiger partial charge in [-0.25, -0.2) is 17.8 Å². The fourth-order valence-electron chi connectivity index (χ4n) is 6.37. The summed E-state index contributed by atoms with van der Waals surface area (Å²) < 4.78 is 54.2. The van der Waals surface area contributed by atoms with Gasteiger partial charge in [0.1, 0.15) is 17.9 Å². The number of carbonyl (C=O) groups is 1. The van der Waals surface area contributed by atoms with Crippen LogP contribution in [0.5, 0.6) is 5.75 Å². The minimum atomic E-state index is -3.60. The van der Waals surface area contributed by atoms with Gasteiger partial charge in [-0.1, -0.05) is 35.9 Å². The highest BCUT2D eigenvalue weighted by molar-refractivity contribution is 7.90. The number of halogens is 2. The summed E-state index contributed by atoms with van der Waals surface area (Å²) in [5.41, 5.74) is 3.90. The monoisotopic (exact) mass is 639 g/mol. The smallest absolute Gasteiger partial charge is 0.237 e. The molecule has 1 aliphatic heterocycles. The van der Waals surface area contributed by atoms with Crippen LogP contribution in [0.2, 0.25) is 5.02 Å². The van der Waals surface area contributed by atoms with Crippen molar-refractivity contribution >= 4 is 38.6 Å². The Balaban J connectivity index is 1.14. The summed E-state index contributed by atoms with van der Waals surface area (Å²) in [6, 6.07) is 14.6. The molecule has 1 amide bonds. The average molecular weight is 640 g/mol. The van der Waals surface area contributed by atoms with Crippen molar-refractivity contribution in [1.82, 2.24) is 14.6 Å². The molecule has 44 heavy (non-hydrogen) atoms. The number of benzene rings is 3. The van der Waals surface area contributed by atoms with Crippen LogP contribution >= 0.6 is 11.6 Å². The van der Waals surface area contributed by atoms with Crippen LogP contribution < -0.4 is 9.46 Å². The quantitative estimate of drug-likeness (QED) is 0.255. The van der Waals surface area contributed by atoms with Gasteiger partial charge in [-0.2, -0.15) is 0 Å². The normalized spacial score (nSPS) is 20.2. The average Bonchev–Trinajstić information content (AvgIpc) is 3.41. The molecular weight excluding hydrogens is 609 g/mol. The minimum Gasteiger partial charge on any atom is -0.491 e. The van der Waals surface area contributed by atoms with E-state index in [-0.39, 0.29) is 30.7 Å². The van der Waals surface area contributed by atoms with Gasteiger partial charge in [0.05, 0.1) is 28.4 Å². The number of fused-ring (bicyclic) bond motifs is 2. The maximum Gasteiger partial charge on any atom is 0.237 e. The number of hydrogen-bond acceptors (Lipinski definition) is 8. The number of ether oxygens (including phenoxy) is 1. The van der Waals surface area contributed by atoms with Crippen LogP contribution in [0, 0.1) is 11.7 Å². The van der Waals surface area contributed by atoms with E-state index in [1.54, 1.807) is 12.1 Å². The number of sulfonamides is 1. The maximum atomic E-state index is 15.9. The Bertz CT molecular complexity index is 1880. The van der Waals surface area contributed by atoms with Crippen molar-refractivity contribution in [2.24, 2.45) is 5.92 Å². The lowest BCUT2D eigenvalue weighted by molar-refractivity contribution is -0.122. The first kappa shape index (κ1) is 29.2. The summed E-state index contributed by atoms with van der Waals surface area (Å²) in [7, 11) is -3.60. The molecule has 2 heterocycles. The van der Waals surface area contributed by atoms with Gasteiger partial charge >= 0.3 is 0 Å². The molecule has 0 spiro atoms. The molecule has 0 unspecified atom stereocenters. The molecule has 1 aromatic heterocycles. The van der Waals surface area contributed by atoms with E-state index >= 15 is 4.39 Å². The number of aliphatic hydroxyl groups is 1. The zero-order valence-electron chi connectivity index (χ0n) is 23.8. The van der Waals surface area contributed by atoms with E-state index in [0.717, 1.165) is 16.7 Å². The zero-order valence-corrected chi connectivity index (χ0v) is 25.3. The van der Waals surface area contributed by atoms with E-state index in [1.807, 2.05) is 36.4 Å². The molecule has 2 N–H and O–H groups in total. The number of likely N-dealkylation sites (tertiary alicyclic amines) is 1.